The van der Waals surface area contributed by atoms with Gasteiger partial charge in [-0.2, -0.15) is 0 Å². The highest BCUT2D eigenvalue weighted by Crippen LogP contribution is 2.30. The maximum absolute atomic E-state index is 12.8. The molecule has 22 heavy (non-hydrogen) atoms. The van der Waals surface area contributed by atoms with Crippen molar-refractivity contribution in [3.8, 4) is 5.13 Å². The average molecular weight is 319 g/mol. The van der Waals surface area contributed by atoms with Crippen molar-refractivity contribution in [2.75, 3.05) is 6.54 Å². The summed E-state index contributed by atoms with van der Waals surface area (Å²) in [6.45, 7) is 3.54. The molecule has 7 heteroatoms. The van der Waals surface area contributed by atoms with E-state index in [0.29, 0.717) is 5.56 Å². The number of carboxylic acid groups (broad SMARTS) is 1. The molecule has 1 N–H and O–H groups in total. The monoisotopic (exact) mass is 319 g/mol. The molecule has 0 aliphatic heterocycles. The van der Waals surface area contributed by atoms with Gasteiger partial charge in [0.25, 0.3) is 5.91 Å². The van der Waals surface area contributed by atoms with Gasteiger partial charge in [-0.15, -0.1) is 11.3 Å². The number of thiazole rings is 1. The molecule has 116 valence electrons. The molecule has 2 aromatic heterocycles. The van der Waals surface area contributed by atoms with Gasteiger partial charge >= 0.3 is 5.97 Å². The Morgan fingerprint density at radius 1 is 1.45 bits per heavy atom. The first-order chi connectivity index (χ1) is 10.5. The predicted octanol–water partition coefficient (Wildman–Crippen LogP) is 2.24. The van der Waals surface area contributed by atoms with Crippen LogP contribution in [0.5, 0.6) is 0 Å². The number of nitrogens with zero attached hydrogens (tertiary/aromatic N) is 3. The molecule has 6 nitrogen and oxygen atoms in total. The summed E-state index contributed by atoms with van der Waals surface area (Å²) in [5.41, 5.74) is 2.27. The summed E-state index contributed by atoms with van der Waals surface area (Å²) in [5.74, 6) is -1.19. The molecule has 2 aromatic rings. The number of aryl methyl sites for hydroxylation is 1. The van der Waals surface area contributed by atoms with E-state index in [9.17, 15) is 9.59 Å². The third-order valence-electron chi connectivity index (χ3n) is 3.83. The molecule has 3 rings (SSSR count). The first-order valence-electron chi connectivity index (χ1n) is 7.10. The van der Waals surface area contributed by atoms with Crippen molar-refractivity contribution in [1.29, 1.82) is 0 Å². The Hall–Kier alpha value is -2.15. The molecule has 1 aliphatic carbocycles. The number of carbonyl (C=O) groups excluding carboxylic acids is 1. The van der Waals surface area contributed by atoms with E-state index in [1.165, 1.54) is 16.2 Å². The van der Waals surface area contributed by atoms with Crippen molar-refractivity contribution in [2.24, 2.45) is 0 Å². The normalized spacial score (nSPS) is 14.1. The number of hydrogen-bond donors (Lipinski definition) is 1. The third-order valence-corrected chi connectivity index (χ3v) is 4.58. The lowest BCUT2D eigenvalue weighted by molar-refractivity contribution is -0.137. The Balaban J connectivity index is 1.96. The summed E-state index contributed by atoms with van der Waals surface area (Å²) < 4.78 is 1.93. The number of rotatable bonds is 5. The van der Waals surface area contributed by atoms with Gasteiger partial charge in [-0.05, 0) is 32.8 Å². The summed E-state index contributed by atoms with van der Waals surface area (Å²) in [5, 5.41) is 11.7. The van der Waals surface area contributed by atoms with Crippen LogP contribution in [0, 0.1) is 13.8 Å². The minimum Gasteiger partial charge on any atom is -0.480 e. The van der Waals surface area contributed by atoms with Crippen LogP contribution in [0.4, 0.5) is 0 Å². The molecule has 0 atom stereocenters. The minimum atomic E-state index is -0.978. The first-order valence-corrected chi connectivity index (χ1v) is 7.98. The van der Waals surface area contributed by atoms with Crippen molar-refractivity contribution in [1.82, 2.24) is 14.5 Å². The summed E-state index contributed by atoms with van der Waals surface area (Å²) >= 11 is 1.50. The van der Waals surface area contributed by atoms with Crippen LogP contribution in [0.1, 0.15) is 34.6 Å². The van der Waals surface area contributed by atoms with Gasteiger partial charge < -0.3 is 10.0 Å². The summed E-state index contributed by atoms with van der Waals surface area (Å²) in [4.78, 5) is 29.5. The van der Waals surface area contributed by atoms with E-state index in [1.807, 2.05) is 29.9 Å². The average Bonchev–Trinajstić information content (AvgIpc) is 3.08. The highest BCUT2D eigenvalue weighted by molar-refractivity contribution is 7.12. The Kier molecular flexibility index (Phi) is 3.74. The Morgan fingerprint density at radius 3 is 2.73 bits per heavy atom. The van der Waals surface area contributed by atoms with E-state index in [2.05, 4.69) is 4.98 Å². The standard InChI is InChI=1S/C15H17N3O3S/c1-9-7-12(10(2)18(9)15-16-5-6-22-15)14(21)17(8-13(19)20)11-3-4-11/h5-7,11H,3-4,8H2,1-2H3,(H,19,20). The second-order valence-electron chi connectivity index (χ2n) is 5.49. The maximum atomic E-state index is 12.8. The highest BCUT2D eigenvalue weighted by atomic mass is 32.1. The number of aliphatic carboxylic acids is 1. The van der Waals surface area contributed by atoms with Crippen molar-refractivity contribution in [2.45, 2.75) is 32.7 Å². The van der Waals surface area contributed by atoms with Gasteiger partial charge in [-0.3, -0.25) is 14.2 Å². The molecule has 0 unspecified atom stereocenters. The van der Waals surface area contributed by atoms with Crippen LogP contribution in [0.15, 0.2) is 17.6 Å². The lowest BCUT2D eigenvalue weighted by Gasteiger charge is -2.20. The second-order valence-corrected chi connectivity index (χ2v) is 6.37. The Labute approximate surface area is 132 Å². The number of aromatic nitrogens is 2. The van der Waals surface area contributed by atoms with Crippen molar-refractivity contribution in [3.05, 3.63) is 34.6 Å². The topological polar surface area (TPSA) is 75.4 Å². The summed E-state index contributed by atoms with van der Waals surface area (Å²) in [7, 11) is 0. The molecule has 0 aromatic carbocycles. The zero-order valence-corrected chi connectivity index (χ0v) is 13.3. The molecule has 1 saturated carbocycles. The van der Waals surface area contributed by atoms with Crippen LogP contribution < -0.4 is 0 Å². The van der Waals surface area contributed by atoms with Crippen LogP contribution in [0.2, 0.25) is 0 Å². The predicted molar refractivity (Wildman–Crippen MR) is 82.6 cm³/mol. The number of carboxylic acids is 1. The number of amides is 1. The quantitative estimate of drug-likeness (QED) is 0.917. The maximum Gasteiger partial charge on any atom is 0.323 e. The van der Waals surface area contributed by atoms with Gasteiger partial charge in [0.2, 0.25) is 0 Å². The fourth-order valence-electron chi connectivity index (χ4n) is 2.65. The van der Waals surface area contributed by atoms with E-state index in [4.69, 9.17) is 5.11 Å². The molecule has 1 aliphatic rings. The van der Waals surface area contributed by atoms with E-state index >= 15 is 0 Å². The Bertz CT molecular complexity index is 717. The molecule has 1 fully saturated rings. The zero-order chi connectivity index (χ0) is 15.9. The zero-order valence-electron chi connectivity index (χ0n) is 12.4. The van der Waals surface area contributed by atoms with Crippen molar-refractivity contribution < 1.29 is 14.7 Å². The van der Waals surface area contributed by atoms with E-state index in [0.717, 1.165) is 29.4 Å². The van der Waals surface area contributed by atoms with E-state index in [-0.39, 0.29) is 18.5 Å². The van der Waals surface area contributed by atoms with E-state index in [1.54, 1.807) is 6.20 Å². The largest absolute Gasteiger partial charge is 0.480 e. The van der Waals surface area contributed by atoms with Gasteiger partial charge in [-0.25, -0.2) is 4.98 Å². The summed E-state index contributed by atoms with van der Waals surface area (Å²) in [6.07, 6.45) is 3.48. The number of hydrogen-bond acceptors (Lipinski definition) is 4. The fraction of sp³-hybridized carbons (Fsp3) is 0.400. The fourth-order valence-corrected chi connectivity index (χ4v) is 3.40. The van der Waals surface area contributed by atoms with Gasteiger partial charge in [0.1, 0.15) is 6.54 Å². The summed E-state index contributed by atoms with van der Waals surface area (Å²) in [6, 6.07) is 1.88. The lowest BCUT2D eigenvalue weighted by Crippen LogP contribution is -2.37. The molecular weight excluding hydrogens is 302 g/mol. The van der Waals surface area contributed by atoms with Gasteiger partial charge in [0.05, 0.1) is 5.56 Å². The van der Waals surface area contributed by atoms with Crippen LogP contribution in [0.3, 0.4) is 0 Å². The molecule has 0 radical (unpaired) electrons. The van der Waals surface area contributed by atoms with Crippen LogP contribution in [-0.4, -0.2) is 44.0 Å². The molecule has 0 spiro atoms. The van der Waals surface area contributed by atoms with Gasteiger partial charge in [-0.1, -0.05) is 0 Å². The minimum absolute atomic E-state index is 0.0616. The second kappa shape index (κ2) is 5.57. The lowest BCUT2D eigenvalue weighted by atomic mass is 10.2. The smallest absolute Gasteiger partial charge is 0.323 e. The molecular formula is C15H17N3O3S. The number of carbonyl (C=O) groups is 2. The molecule has 0 bridgehead atoms. The Morgan fingerprint density at radius 2 is 2.18 bits per heavy atom. The van der Waals surface area contributed by atoms with Crippen LogP contribution >= 0.6 is 11.3 Å². The SMILES string of the molecule is Cc1cc(C(=O)N(CC(=O)O)C2CC2)c(C)n1-c1nccs1. The van der Waals surface area contributed by atoms with E-state index < -0.39 is 5.97 Å². The third kappa shape index (κ3) is 2.64. The van der Waals surface area contributed by atoms with Gasteiger partial charge in [0, 0.05) is 29.0 Å². The first kappa shape index (κ1) is 14.8. The van der Waals surface area contributed by atoms with Gasteiger partial charge in [0.15, 0.2) is 5.13 Å². The van der Waals surface area contributed by atoms with Crippen molar-refractivity contribution in [3.63, 3.8) is 0 Å². The molecule has 1 amide bonds. The van der Waals surface area contributed by atoms with Crippen LogP contribution in [0.25, 0.3) is 5.13 Å². The van der Waals surface area contributed by atoms with Crippen LogP contribution in [-0.2, 0) is 4.79 Å². The highest BCUT2D eigenvalue weighted by Gasteiger charge is 2.35. The van der Waals surface area contributed by atoms with Crippen molar-refractivity contribution >= 4 is 23.2 Å². The molecule has 2 heterocycles. The molecule has 0 saturated heterocycles.